The van der Waals surface area contributed by atoms with Crippen LogP contribution in [0.1, 0.15) is 13.3 Å². The second-order valence-electron chi connectivity index (χ2n) is 5.26. The second kappa shape index (κ2) is 6.99. The number of hydrogen-bond donors (Lipinski definition) is 1. The first-order valence-electron chi connectivity index (χ1n) is 7.75. The summed E-state index contributed by atoms with van der Waals surface area (Å²) in [5.74, 6) is 0.267. The lowest BCUT2D eigenvalue weighted by molar-refractivity contribution is -0.117. The van der Waals surface area contributed by atoms with Crippen LogP contribution in [0.5, 0.6) is 5.75 Å². The Hall–Kier alpha value is -3.09. The maximum atomic E-state index is 12.3. The number of nitrogens with zero attached hydrogens (tertiary/aromatic N) is 3. The number of carbonyl (C=O) groups excluding carboxylic acids is 1. The van der Waals surface area contributed by atoms with Gasteiger partial charge in [-0.3, -0.25) is 9.20 Å². The molecular weight excluding hydrogens is 308 g/mol. The Labute approximate surface area is 138 Å². The third-order valence-corrected chi connectivity index (χ3v) is 3.40. The first-order valence-corrected chi connectivity index (χ1v) is 7.75. The SMILES string of the molecule is CCCOc1ccccc1NC(=O)Cn1nc2ccccn2c1=O. The predicted molar refractivity (Wildman–Crippen MR) is 90.3 cm³/mol. The molecule has 0 spiro atoms. The normalized spacial score (nSPS) is 10.7. The largest absolute Gasteiger partial charge is 0.491 e. The van der Waals surface area contributed by atoms with E-state index in [1.54, 1.807) is 36.5 Å². The van der Waals surface area contributed by atoms with Crippen LogP contribution in [-0.2, 0) is 11.3 Å². The lowest BCUT2D eigenvalue weighted by atomic mass is 10.3. The van der Waals surface area contributed by atoms with Crippen molar-refractivity contribution in [1.29, 1.82) is 0 Å². The summed E-state index contributed by atoms with van der Waals surface area (Å²) in [6, 6.07) is 12.4. The molecule has 0 saturated heterocycles. The van der Waals surface area contributed by atoms with Crippen LogP contribution < -0.4 is 15.7 Å². The topological polar surface area (TPSA) is 77.6 Å². The molecule has 0 atom stereocenters. The van der Waals surface area contributed by atoms with Gasteiger partial charge in [-0.1, -0.05) is 25.1 Å². The Balaban J connectivity index is 1.76. The number of aromatic nitrogens is 3. The second-order valence-corrected chi connectivity index (χ2v) is 5.26. The van der Waals surface area contributed by atoms with Gasteiger partial charge in [0.15, 0.2) is 5.65 Å². The van der Waals surface area contributed by atoms with Gasteiger partial charge in [0.1, 0.15) is 12.3 Å². The van der Waals surface area contributed by atoms with E-state index in [-0.39, 0.29) is 18.1 Å². The van der Waals surface area contributed by atoms with Gasteiger partial charge >= 0.3 is 5.69 Å². The molecule has 0 bridgehead atoms. The van der Waals surface area contributed by atoms with Crippen LogP contribution >= 0.6 is 0 Å². The zero-order chi connectivity index (χ0) is 16.9. The Morgan fingerprint density at radius 1 is 1.21 bits per heavy atom. The van der Waals surface area contributed by atoms with Crippen LogP contribution in [0.3, 0.4) is 0 Å². The number of rotatable bonds is 6. The molecule has 7 nitrogen and oxygen atoms in total. The highest BCUT2D eigenvalue weighted by molar-refractivity contribution is 5.92. The summed E-state index contributed by atoms with van der Waals surface area (Å²) in [5, 5.41) is 6.91. The molecule has 3 aromatic rings. The molecule has 0 aliphatic carbocycles. The lowest BCUT2D eigenvalue weighted by Gasteiger charge is -2.11. The first-order chi connectivity index (χ1) is 11.7. The average molecular weight is 326 g/mol. The average Bonchev–Trinajstić information content (AvgIpc) is 2.90. The van der Waals surface area contributed by atoms with Crippen LogP contribution in [0.4, 0.5) is 5.69 Å². The molecule has 24 heavy (non-hydrogen) atoms. The van der Waals surface area contributed by atoms with Crippen molar-refractivity contribution in [3.63, 3.8) is 0 Å². The monoisotopic (exact) mass is 326 g/mol. The molecule has 0 saturated carbocycles. The van der Waals surface area contributed by atoms with E-state index < -0.39 is 0 Å². The molecule has 0 radical (unpaired) electrons. The zero-order valence-corrected chi connectivity index (χ0v) is 13.3. The van der Waals surface area contributed by atoms with Gasteiger partial charge in [-0.25, -0.2) is 9.48 Å². The molecular formula is C17H18N4O3. The molecule has 0 aliphatic rings. The van der Waals surface area contributed by atoms with Gasteiger partial charge < -0.3 is 10.1 Å². The van der Waals surface area contributed by atoms with E-state index in [1.807, 2.05) is 19.1 Å². The Morgan fingerprint density at radius 2 is 2.00 bits per heavy atom. The summed E-state index contributed by atoms with van der Waals surface area (Å²) in [6.45, 7) is 2.42. The number of fused-ring (bicyclic) bond motifs is 1. The van der Waals surface area contributed by atoms with Crippen molar-refractivity contribution in [1.82, 2.24) is 14.2 Å². The standard InChI is InChI=1S/C17H18N4O3/c1-2-11-24-14-8-4-3-7-13(14)18-16(22)12-21-17(23)20-10-6-5-9-15(20)19-21/h3-10H,2,11-12H2,1H3,(H,18,22). The van der Waals surface area contributed by atoms with Gasteiger partial charge in [0.2, 0.25) is 5.91 Å². The maximum absolute atomic E-state index is 12.3. The van der Waals surface area contributed by atoms with Crippen molar-refractivity contribution in [2.24, 2.45) is 0 Å². The fourth-order valence-electron chi connectivity index (χ4n) is 2.30. The number of hydrogen-bond acceptors (Lipinski definition) is 4. The first kappa shape index (κ1) is 15.8. The Kier molecular flexibility index (Phi) is 4.60. The summed E-state index contributed by atoms with van der Waals surface area (Å²) in [5.41, 5.74) is 0.728. The Bertz CT molecular complexity index is 913. The highest BCUT2D eigenvalue weighted by atomic mass is 16.5. The summed E-state index contributed by atoms with van der Waals surface area (Å²) >= 11 is 0. The van der Waals surface area contributed by atoms with Crippen molar-refractivity contribution >= 4 is 17.2 Å². The van der Waals surface area contributed by atoms with Gasteiger partial charge in [-0.15, -0.1) is 5.10 Å². The number of ether oxygens (including phenoxy) is 1. The summed E-state index contributed by atoms with van der Waals surface area (Å²) in [6.07, 6.45) is 2.49. The number of benzene rings is 1. The third kappa shape index (κ3) is 3.29. The molecule has 1 aromatic carbocycles. The van der Waals surface area contributed by atoms with E-state index >= 15 is 0 Å². The maximum Gasteiger partial charge on any atom is 0.350 e. The fourth-order valence-corrected chi connectivity index (χ4v) is 2.30. The van der Waals surface area contributed by atoms with Crippen molar-refractivity contribution in [3.05, 3.63) is 59.1 Å². The molecule has 7 heteroatoms. The fraction of sp³-hybridized carbons (Fsp3) is 0.235. The zero-order valence-electron chi connectivity index (χ0n) is 13.3. The van der Waals surface area contributed by atoms with E-state index in [0.29, 0.717) is 23.7 Å². The van der Waals surface area contributed by atoms with Crippen molar-refractivity contribution in [2.45, 2.75) is 19.9 Å². The molecule has 2 aromatic heterocycles. The van der Waals surface area contributed by atoms with Gasteiger partial charge in [-0.2, -0.15) is 0 Å². The van der Waals surface area contributed by atoms with E-state index in [9.17, 15) is 9.59 Å². The van der Waals surface area contributed by atoms with E-state index in [1.165, 1.54) is 4.40 Å². The van der Waals surface area contributed by atoms with Gasteiger partial charge in [-0.05, 0) is 30.7 Å². The Morgan fingerprint density at radius 3 is 2.79 bits per heavy atom. The van der Waals surface area contributed by atoms with Gasteiger partial charge in [0, 0.05) is 6.20 Å². The van der Waals surface area contributed by atoms with Crippen LogP contribution in [0.2, 0.25) is 0 Å². The molecule has 3 rings (SSSR count). The highest BCUT2D eigenvalue weighted by Gasteiger charge is 2.12. The van der Waals surface area contributed by atoms with Crippen molar-refractivity contribution in [3.8, 4) is 5.75 Å². The van der Waals surface area contributed by atoms with Crippen LogP contribution in [-0.4, -0.2) is 26.7 Å². The van der Waals surface area contributed by atoms with E-state index in [2.05, 4.69) is 10.4 Å². The van der Waals surface area contributed by atoms with Crippen LogP contribution in [0, 0.1) is 0 Å². The van der Waals surface area contributed by atoms with E-state index in [4.69, 9.17) is 4.74 Å². The summed E-state index contributed by atoms with van der Waals surface area (Å²) in [4.78, 5) is 24.4. The van der Waals surface area contributed by atoms with E-state index in [0.717, 1.165) is 11.1 Å². The number of anilines is 1. The van der Waals surface area contributed by atoms with Crippen molar-refractivity contribution < 1.29 is 9.53 Å². The number of para-hydroxylation sites is 2. The minimum Gasteiger partial charge on any atom is -0.491 e. The minimum absolute atomic E-state index is 0.164. The molecule has 0 fully saturated rings. The smallest absolute Gasteiger partial charge is 0.350 e. The summed E-state index contributed by atoms with van der Waals surface area (Å²) in [7, 11) is 0. The van der Waals surface area contributed by atoms with Crippen LogP contribution in [0.25, 0.3) is 5.65 Å². The molecule has 0 aliphatic heterocycles. The molecule has 1 N–H and O–H groups in total. The van der Waals surface area contributed by atoms with Crippen LogP contribution in [0.15, 0.2) is 53.5 Å². The predicted octanol–water partition coefficient (Wildman–Crippen LogP) is 1.92. The molecule has 0 unspecified atom stereocenters. The number of amides is 1. The third-order valence-electron chi connectivity index (χ3n) is 3.40. The molecule has 2 heterocycles. The number of carbonyl (C=O) groups is 1. The molecule has 124 valence electrons. The molecule has 1 amide bonds. The number of nitrogens with one attached hydrogen (secondary N) is 1. The highest BCUT2D eigenvalue weighted by Crippen LogP contribution is 2.23. The van der Waals surface area contributed by atoms with Gasteiger partial charge in [0.05, 0.1) is 12.3 Å². The quantitative estimate of drug-likeness (QED) is 0.751. The van der Waals surface area contributed by atoms with Gasteiger partial charge in [0.25, 0.3) is 0 Å². The summed E-state index contributed by atoms with van der Waals surface area (Å²) < 4.78 is 8.14. The number of pyridine rings is 1. The van der Waals surface area contributed by atoms with Crippen molar-refractivity contribution in [2.75, 3.05) is 11.9 Å². The minimum atomic E-state index is -0.351. The lowest BCUT2D eigenvalue weighted by Crippen LogP contribution is -2.28.